The van der Waals surface area contributed by atoms with E-state index >= 15 is 0 Å². The monoisotopic (exact) mass is 205 g/mol. The summed E-state index contributed by atoms with van der Waals surface area (Å²) in [5.74, 6) is 0. The van der Waals surface area contributed by atoms with Gasteiger partial charge in [-0.25, -0.2) is 0 Å². The molecule has 0 aromatic heterocycles. The van der Waals surface area contributed by atoms with Crippen LogP contribution in [0.5, 0.6) is 0 Å². The predicted molar refractivity (Wildman–Crippen MR) is 48.9 cm³/mol. The summed E-state index contributed by atoms with van der Waals surface area (Å²) in [6.07, 6.45) is 1.44. The molecule has 0 bridgehead atoms. The standard InChI is InChI=1S/C8H9Cl2NO/c1-6(5-11)7(9)3-2-4-8(10)12/h2-4H2,1H3/b7-6-. The van der Waals surface area contributed by atoms with Gasteiger partial charge < -0.3 is 0 Å². The highest BCUT2D eigenvalue weighted by atomic mass is 35.5. The van der Waals surface area contributed by atoms with Gasteiger partial charge in [0.1, 0.15) is 0 Å². The lowest BCUT2D eigenvalue weighted by molar-refractivity contribution is -0.111. The van der Waals surface area contributed by atoms with E-state index in [1.165, 1.54) is 0 Å². The van der Waals surface area contributed by atoms with E-state index in [-0.39, 0.29) is 5.24 Å². The maximum Gasteiger partial charge on any atom is 0.221 e. The van der Waals surface area contributed by atoms with E-state index in [0.29, 0.717) is 29.9 Å². The van der Waals surface area contributed by atoms with Gasteiger partial charge in [0.2, 0.25) is 5.24 Å². The molecule has 0 amide bonds. The van der Waals surface area contributed by atoms with Crippen LogP contribution in [0, 0.1) is 11.3 Å². The molecule has 12 heavy (non-hydrogen) atoms. The normalized spacial score (nSPS) is 11.8. The highest BCUT2D eigenvalue weighted by molar-refractivity contribution is 6.63. The van der Waals surface area contributed by atoms with Crippen molar-refractivity contribution in [1.82, 2.24) is 0 Å². The summed E-state index contributed by atoms with van der Waals surface area (Å²) in [5.41, 5.74) is 0.499. The van der Waals surface area contributed by atoms with Crippen LogP contribution in [0.4, 0.5) is 0 Å². The zero-order valence-electron chi connectivity index (χ0n) is 6.73. The predicted octanol–water partition coefficient (Wildman–Crippen LogP) is 2.96. The van der Waals surface area contributed by atoms with Crippen LogP contribution in [0.2, 0.25) is 0 Å². The van der Waals surface area contributed by atoms with E-state index in [1.54, 1.807) is 6.92 Å². The van der Waals surface area contributed by atoms with Crippen LogP contribution in [0.1, 0.15) is 26.2 Å². The van der Waals surface area contributed by atoms with E-state index in [1.807, 2.05) is 6.07 Å². The SMILES string of the molecule is C/C(C#N)=C(/Cl)CCCC(=O)Cl. The lowest BCUT2D eigenvalue weighted by Gasteiger charge is -1.96. The van der Waals surface area contributed by atoms with Crippen molar-refractivity contribution in [3.63, 3.8) is 0 Å². The maximum absolute atomic E-state index is 10.3. The van der Waals surface area contributed by atoms with Gasteiger partial charge in [-0.15, -0.1) is 0 Å². The Morgan fingerprint density at radius 2 is 2.00 bits per heavy atom. The van der Waals surface area contributed by atoms with Gasteiger partial charge in [0.25, 0.3) is 0 Å². The van der Waals surface area contributed by atoms with Crippen LogP contribution in [0.25, 0.3) is 0 Å². The number of hydrogen-bond acceptors (Lipinski definition) is 2. The van der Waals surface area contributed by atoms with Crippen molar-refractivity contribution >= 4 is 28.4 Å². The van der Waals surface area contributed by atoms with Crippen molar-refractivity contribution in [3.05, 3.63) is 10.6 Å². The largest absolute Gasteiger partial charge is 0.281 e. The average Bonchev–Trinajstić information content (AvgIpc) is 2.02. The van der Waals surface area contributed by atoms with Crippen LogP contribution in [-0.4, -0.2) is 5.24 Å². The summed E-state index contributed by atoms with van der Waals surface area (Å²) >= 11 is 10.8. The minimum absolute atomic E-state index is 0.302. The second kappa shape index (κ2) is 6.05. The fourth-order valence-corrected chi connectivity index (χ4v) is 0.940. The van der Waals surface area contributed by atoms with Gasteiger partial charge >= 0.3 is 0 Å². The smallest absolute Gasteiger partial charge is 0.221 e. The summed E-state index contributed by atoms with van der Waals surface area (Å²) in [6.45, 7) is 1.64. The average molecular weight is 206 g/mol. The second-order valence-corrected chi connectivity index (χ2v) is 3.23. The van der Waals surface area contributed by atoms with E-state index in [9.17, 15) is 4.79 Å². The number of carbonyl (C=O) groups is 1. The Morgan fingerprint density at radius 1 is 1.42 bits per heavy atom. The first-order chi connectivity index (χ1) is 5.57. The molecule has 0 aromatic rings. The molecule has 4 heteroatoms. The summed E-state index contributed by atoms with van der Waals surface area (Å²) in [6, 6.07) is 1.93. The van der Waals surface area contributed by atoms with Gasteiger partial charge in [-0.1, -0.05) is 11.6 Å². The number of carbonyl (C=O) groups excluding carboxylic acids is 1. The molecule has 2 nitrogen and oxygen atoms in total. The highest BCUT2D eigenvalue weighted by Crippen LogP contribution is 2.16. The topological polar surface area (TPSA) is 40.9 Å². The van der Waals surface area contributed by atoms with Crippen LogP contribution in [0.3, 0.4) is 0 Å². The minimum atomic E-state index is -0.367. The van der Waals surface area contributed by atoms with Gasteiger partial charge in [-0.3, -0.25) is 4.79 Å². The van der Waals surface area contributed by atoms with Gasteiger partial charge in [0.05, 0.1) is 6.07 Å². The Labute approximate surface area is 81.8 Å². The lowest BCUT2D eigenvalue weighted by Crippen LogP contribution is -1.87. The molecule has 0 radical (unpaired) electrons. The quantitative estimate of drug-likeness (QED) is 0.524. The third-order valence-corrected chi connectivity index (χ3v) is 2.01. The third-order valence-electron chi connectivity index (χ3n) is 1.34. The first-order valence-electron chi connectivity index (χ1n) is 3.51. The molecule has 0 aliphatic rings. The van der Waals surface area contributed by atoms with Crippen molar-refractivity contribution in [2.45, 2.75) is 26.2 Å². The fraction of sp³-hybridized carbons (Fsp3) is 0.500. The maximum atomic E-state index is 10.3. The number of nitriles is 1. The van der Waals surface area contributed by atoms with Gasteiger partial charge in [0.15, 0.2) is 0 Å². The van der Waals surface area contributed by atoms with Gasteiger partial charge in [-0.2, -0.15) is 5.26 Å². The molecule has 0 aromatic carbocycles. The summed E-state index contributed by atoms with van der Waals surface area (Å²) < 4.78 is 0. The molecule has 0 aliphatic heterocycles. The number of hydrogen-bond donors (Lipinski definition) is 0. The molecule has 0 N–H and O–H groups in total. The summed E-state index contributed by atoms with van der Waals surface area (Å²) in [7, 11) is 0. The molecule has 0 saturated heterocycles. The van der Waals surface area contributed by atoms with E-state index in [4.69, 9.17) is 28.5 Å². The molecule has 0 fully saturated rings. The summed E-state index contributed by atoms with van der Waals surface area (Å²) in [5, 5.41) is 8.57. The molecule has 66 valence electrons. The molecule has 0 spiro atoms. The Balaban J connectivity index is 3.81. The number of halogens is 2. The molecule has 0 unspecified atom stereocenters. The number of rotatable bonds is 4. The first-order valence-corrected chi connectivity index (χ1v) is 4.27. The molecular formula is C8H9Cl2NO. The third kappa shape index (κ3) is 5.17. The molecule has 0 aliphatic carbocycles. The van der Waals surface area contributed by atoms with E-state index in [0.717, 1.165) is 0 Å². The second-order valence-electron chi connectivity index (χ2n) is 2.35. The molecule has 0 saturated carbocycles. The van der Waals surface area contributed by atoms with Crippen molar-refractivity contribution in [2.24, 2.45) is 0 Å². The summed E-state index contributed by atoms with van der Waals surface area (Å²) in [4.78, 5) is 10.3. The van der Waals surface area contributed by atoms with Crippen LogP contribution in [0.15, 0.2) is 10.6 Å². The fourth-order valence-electron chi connectivity index (χ4n) is 0.631. The van der Waals surface area contributed by atoms with Crippen LogP contribution < -0.4 is 0 Å². The highest BCUT2D eigenvalue weighted by Gasteiger charge is 2.00. The number of nitrogens with zero attached hydrogens (tertiary/aromatic N) is 1. The molecule has 0 rings (SSSR count). The zero-order valence-corrected chi connectivity index (χ0v) is 8.24. The van der Waals surface area contributed by atoms with Crippen molar-refractivity contribution in [3.8, 4) is 6.07 Å². The Morgan fingerprint density at radius 3 is 2.42 bits per heavy atom. The minimum Gasteiger partial charge on any atom is -0.281 e. The Kier molecular flexibility index (Phi) is 5.79. The van der Waals surface area contributed by atoms with Crippen molar-refractivity contribution < 1.29 is 4.79 Å². The van der Waals surface area contributed by atoms with Crippen LogP contribution >= 0.6 is 23.2 Å². The molecular weight excluding hydrogens is 197 g/mol. The Bertz CT molecular complexity index is 240. The van der Waals surface area contributed by atoms with Gasteiger partial charge in [0, 0.05) is 17.0 Å². The van der Waals surface area contributed by atoms with Gasteiger partial charge in [-0.05, 0) is 31.4 Å². The molecule has 0 atom stereocenters. The van der Waals surface area contributed by atoms with Crippen LogP contribution in [-0.2, 0) is 4.79 Å². The number of allylic oxidation sites excluding steroid dienone is 2. The van der Waals surface area contributed by atoms with Crippen molar-refractivity contribution in [1.29, 1.82) is 5.26 Å². The lowest BCUT2D eigenvalue weighted by atomic mass is 10.2. The van der Waals surface area contributed by atoms with E-state index in [2.05, 4.69) is 0 Å². The van der Waals surface area contributed by atoms with Crippen molar-refractivity contribution in [2.75, 3.05) is 0 Å². The first kappa shape index (κ1) is 11.5. The van der Waals surface area contributed by atoms with E-state index < -0.39 is 0 Å². The Hall–Kier alpha value is -0.520. The zero-order chi connectivity index (χ0) is 9.56. The molecule has 0 heterocycles.